The summed E-state index contributed by atoms with van der Waals surface area (Å²) in [6.07, 6.45) is 5.47. The lowest BCUT2D eigenvalue weighted by molar-refractivity contribution is 0.0977. The first-order chi connectivity index (χ1) is 14.1. The molecular weight excluding hydrogens is 435 g/mol. The Kier molecular flexibility index (Phi) is 6.52. The van der Waals surface area contributed by atoms with Crippen molar-refractivity contribution in [3.8, 4) is 22.8 Å². The summed E-state index contributed by atoms with van der Waals surface area (Å²) in [4.78, 5) is 16.3. The number of sulfonamides is 1. The van der Waals surface area contributed by atoms with Crippen LogP contribution in [-0.4, -0.2) is 38.8 Å². The second-order valence-corrected chi connectivity index (χ2v) is 9.47. The topological polar surface area (TPSA) is 94.6 Å². The zero-order chi connectivity index (χ0) is 22.1. The molecule has 1 heterocycles. The van der Waals surface area contributed by atoms with Gasteiger partial charge in [-0.2, -0.15) is 0 Å². The molecule has 0 saturated heterocycles. The van der Waals surface area contributed by atoms with E-state index in [1.54, 1.807) is 10.8 Å². The number of hydrogen-bond donors (Lipinski definition) is 1. The van der Waals surface area contributed by atoms with Crippen LogP contribution in [0.5, 0.6) is 11.6 Å². The van der Waals surface area contributed by atoms with Crippen molar-refractivity contribution in [3.63, 3.8) is 0 Å². The van der Waals surface area contributed by atoms with Gasteiger partial charge in [-0.1, -0.05) is 18.5 Å². The van der Waals surface area contributed by atoms with Crippen LogP contribution in [0, 0.1) is 11.7 Å². The second-order valence-electron chi connectivity index (χ2n) is 7.31. The largest absolute Gasteiger partial charge is 0.496 e. The van der Waals surface area contributed by atoms with E-state index >= 15 is 0 Å². The summed E-state index contributed by atoms with van der Waals surface area (Å²) in [5, 5.41) is 0.271. The van der Waals surface area contributed by atoms with Crippen molar-refractivity contribution in [3.05, 3.63) is 40.8 Å². The molecule has 0 radical (unpaired) electrons. The standard InChI is InChI=1S/C20H22ClFN2O5S/c1-11-5-4-6-17(11)29-20-15(21)7-12(10-23-20)13-8-16(22)14(9-18(13)28-2)19(25)24-30(3,26)27/h7-11,17H,4-6H2,1-3H3,(H,24,25)/t11-,17-/m1/s1. The number of amides is 1. The third kappa shape index (κ3) is 5.02. The van der Waals surface area contributed by atoms with E-state index in [0.29, 0.717) is 22.9 Å². The predicted molar refractivity (Wildman–Crippen MR) is 111 cm³/mol. The molecule has 162 valence electrons. The molecule has 1 amide bonds. The highest BCUT2D eigenvalue weighted by Gasteiger charge is 2.26. The second kappa shape index (κ2) is 8.77. The van der Waals surface area contributed by atoms with E-state index in [0.717, 1.165) is 37.7 Å². The van der Waals surface area contributed by atoms with Crippen LogP contribution in [0.2, 0.25) is 5.02 Å². The highest BCUT2D eigenvalue weighted by molar-refractivity contribution is 7.89. The molecule has 2 atom stereocenters. The van der Waals surface area contributed by atoms with Crippen molar-refractivity contribution in [2.24, 2.45) is 5.92 Å². The Labute approximate surface area is 179 Å². The quantitative estimate of drug-likeness (QED) is 0.710. The molecule has 1 aromatic carbocycles. The van der Waals surface area contributed by atoms with Gasteiger partial charge in [0.25, 0.3) is 5.91 Å². The van der Waals surface area contributed by atoms with Crippen molar-refractivity contribution in [2.45, 2.75) is 32.3 Å². The SMILES string of the molecule is COc1cc(C(=O)NS(C)(=O)=O)c(F)cc1-c1cnc(O[C@@H]2CCC[C@H]2C)c(Cl)c1. The Morgan fingerprint density at radius 3 is 2.60 bits per heavy atom. The van der Waals surface area contributed by atoms with Crippen LogP contribution in [-0.2, 0) is 10.0 Å². The molecule has 1 fully saturated rings. The summed E-state index contributed by atoms with van der Waals surface area (Å²) in [7, 11) is -2.49. The maximum absolute atomic E-state index is 14.6. The van der Waals surface area contributed by atoms with Crippen LogP contribution in [0.15, 0.2) is 24.4 Å². The number of hydrogen-bond acceptors (Lipinski definition) is 6. The normalized spacial score (nSPS) is 18.8. The van der Waals surface area contributed by atoms with Crippen molar-refractivity contribution in [2.75, 3.05) is 13.4 Å². The van der Waals surface area contributed by atoms with Gasteiger partial charge < -0.3 is 9.47 Å². The summed E-state index contributed by atoms with van der Waals surface area (Å²) < 4.78 is 50.0. The smallest absolute Gasteiger partial charge is 0.267 e. The van der Waals surface area contributed by atoms with E-state index in [4.69, 9.17) is 21.1 Å². The summed E-state index contributed by atoms with van der Waals surface area (Å²) in [6.45, 7) is 2.12. The first-order valence-corrected chi connectivity index (χ1v) is 11.6. The van der Waals surface area contributed by atoms with Crippen LogP contribution >= 0.6 is 11.6 Å². The lowest BCUT2D eigenvalue weighted by atomic mass is 10.0. The van der Waals surface area contributed by atoms with Crippen molar-refractivity contribution < 1.29 is 27.1 Å². The molecule has 0 aliphatic heterocycles. The molecule has 2 aromatic rings. The van der Waals surface area contributed by atoms with E-state index in [2.05, 4.69) is 11.9 Å². The van der Waals surface area contributed by atoms with Gasteiger partial charge in [0.2, 0.25) is 15.9 Å². The molecule has 1 saturated carbocycles. The van der Waals surface area contributed by atoms with Gasteiger partial charge in [0, 0.05) is 17.3 Å². The van der Waals surface area contributed by atoms with Crippen LogP contribution in [0.3, 0.4) is 0 Å². The van der Waals surface area contributed by atoms with Gasteiger partial charge in [-0.3, -0.25) is 4.79 Å². The lowest BCUT2D eigenvalue weighted by Crippen LogP contribution is -2.30. The number of pyridine rings is 1. The third-order valence-corrected chi connectivity index (χ3v) is 5.80. The molecular formula is C20H22ClFN2O5S. The molecule has 10 heteroatoms. The Bertz CT molecular complexity index is 1080. The Morgan fingerprint density at radius 2 is 2.03 bits per heavy atom. The Balaban J connectivity index is 1.92. The Hall–Kier alpha value is -2.39. The molecule has 7 nitrogen and oxygen atoms in total. The summed E-state index contributed by atoms with van der Waals surface area (Å²) in [5.74, 6) is -1.12. The van der Waals surface area contributed by atoms with E-state index in [9.17, 15) is 17.6 Å². The van der Waals surface area contributed by atoms with Gasteiger partial charge in [0.15, 0.2) is 0 Å². The summed E-state index contributed by atoms with van der Waals surface area (Å²) in [6, 6.07) is 3.78. The number of rotatable bonds is 6. The number of carbonyl (C=O) groups excluding carboxylic acids is 1. The van der Waals surface area contributed by atoms with Crippen molar-refractivity contribution in [1.82, 2.24) is 9.71 Å². The number of nitrogens with zero attached hydrogens (tertiary/aromatic N) is 1. The first-order valence-electron chi connectivity index (χ1n) is 9.31. The minimum atomic E-state index is -3.84. The number of ether oxygens (including phenoxy) is 2. The van der Waals surface area contributed by atoms with Crippen LogP contribution in [0.1, 0.15) is 36.5 Å². The molecule has 1 aromatic heterocycles. The van der Waals surface area contributed by atoms with Crippen LogP contribution < -0.4 is 14.2 Å². The van der Waals surface area contributed by atoms with E-state index < -0.39 is 27.3 Å². The maximum atomic E-state index is 14.6. The van der Waals surface area contributed by atoms with Gasteiger partial charge in [-0.25, -0.2) is 22.5 Å². The monoisotopic (exact) mass is 456 g/mol. The minimum Gasteiger partial charge on any atom is -0.496 e. The summed E-state index contributed by atoms with van der Waals surface area (Å²) in [5.41, 5.74) is 0.300. The van der Waals surface area contributed by atoms with Gasteiger partial charge >= 0.3 is 0 Å². The first kappa shape index (κ1) is 22.3. The third-order valence-electron chi connectivity index (χ3n) is 4.98. The zero-order valence-corrected chi connectivity index (χ0v) is 18.3. The summed E-state index contributed by atoms with van der Waals surface area (Å²) >= 11 is 6.34. The van der Waals surface area contributed by atoms with Gasteiger partial charge in [0.1, 0.15) is 22.7 Å². The molecule has 30 heavy (non-hydrogen) atoms. The molecule has 3 rings (SSSR count). The molecule has 1 aliphatic carbocycles. The molecule has 0 spiro atoms. The number of nitrogens with one attached hydrogen (secondary N) is 1. The molecule has 1 N–H and O–H groups in total. The Morgan fingerprint density at radius 1 is 1.30 bits per heavy atom. The van der Waals surface area contributed by atoms with Crippen molar-refractivity contribution in [1.29, 1.82) is 0 Å². The lowest BCUT2D eigenvalue weighted by Gasteiger charge is -2.18. The molecule has 0 bridgehead atoms. The average Bonchev–Trinajstić information content (AvgIpc) is 3.06. The predicted octanol–water partition coefficient (Wildman–Crippen LogP) is 3.81. The van der Waals surface area contributed by atoms with E-state index in [-0.39, 0.29) is 16.9 Å². The highest BCUT2D eigenvalue weighted by Crippen LogP contribution is 2.37. The van der Waals surface area contributed by atoms with Gasteiger partial charge in [-0.15, -0.1) is 0 Å². The fourth-order valence-corrected chi connectivity index (χ4v) is 4.09. The van der Waals surface area contributed by atoms with Gasteiger partial charge in [-0.05, 0) is 43.4 Å². The van der Waals surface area contributed by atoms with Crippen LogP contribution in [0.4, 0.5) is 4.39 Å². The molecule has 1 aliphatic rings. The highest BCUT2D eigenvalue weighted by atomic mass is 35.5. The van der Waals surface area contributed by atoms with Crippen molar-refractivity contribution >= 4 is 27.5 Å². The number of carbonyl (C=O) groups is 1. The van der Waals surface area contributed by atoms with E-state index in [1.165, 1.54) is 13.3 Å². The van der Waals surface area contributed by atoms with Crippen LogP contribution in [0.25, 0.3) is 11.1 Å². The average molecular weight is 457 g/mol. The number of aromatic nitrogens is 1. The fraction of sp³-hybridized carbons (Fsp3) is 0.400. The van der Waals surface area contributed by atoms with E-state index in [1.807, 2.05) is 0 Å². The fourth-order valence-electron chi connectivity index (χ4n) is 3.43. The number of methoxy groups -OCH3 is 1. The number of benzene rings is 1. The molecule has 0 unspecified atom stereocenters. The minimum absolute atomic E-state index is 0.0560. The zero-order valence-electron chi connectivity index (χ0n) is 16.7. The maximum Gasteiger partial charge on any atom is 0.267 e. The number of halogens is 2. The van der Waals surface area contributed by atoms with Gasteiger partial charge in [0.05, 0.1) is 18.9 Å².